The van der Waals surface area contributed by atoms with E-state index in [0.717, 1.165) is 0 Å². The van der Waals surface area contributed by atoms with Crippen LogP contribution in [0, 0.1) is 0 Å². The van der Waals surface area contributed by atoms with Crippen LogP contribution in [-0.4, -0.2) is 23.3 Å². The highest BCUT2D eigenvalue weighted by atomic mass is 35.5. The largest absolute Gasteiger partial charge is 0.480 e. The van der Waals surface area contributed by atoms with Crippen molar-refractivity contribution in [3.63, 3.8) is 0 Å². The Hall–Kier alpha value is -1.01. The van der Waals surface area contributed by atoms with Crippen LogP contribution in [0.5, 0.6) is 0 Å². The van der Waals surface area contributed by atoms with Gasteiger partial charge in [0.25, 0.3) is 0 Å². The third kappa shape index (κ3) is 7.63. The summed E-state index contributed by atoms with van der Waals surface area (Å²) in [5.41, 5.74) is 18.6. The lowest BCUT2D eigenvalue weighted by Gasteiger charge is -2.07. The molecule has 14 heavy (non-hydrogen) atoms. The third-order valence-corrected chi connectivity index (χ3v) is 1.53. The van der Waals surface area contributed by atoms with Crippen LogP contribution in [0.4, 0.5) is 0 Å². The zero-order valence-corrected chi connectivity index (χ0v) is 8.35. The standard InChI is InChI=1S/C6H13N5O2.ClH/c7-4(6(12)13)2-1-3-5(8)10-11-9;/h4-5H,1-3,7-8H2,(H,12,13);1H. The average Bonchev–Trinajstić information content (AvgIpc) is 2.04. The van der Waals surface area contributed by atoms with E-state index in [9.17, 15) is 4.79 Å². The number of hydrogen-bond donors (Lipinski definition) is 3. The molecule has 0 aromatic heterocycles. The Morgan fingerprint density at radius 1 is 1.50 bits per heavy atom. The first-order valence-corrected chi connectivity index (χ1v) is 3.86. The van der Waals surface area contributed by atoms with E-state index in [0.29, 0.717) is 19.3 Å². The van der Waals surface area contributed by atoms with E-state index >= 15 is 0 Å². The SMILES string of the molecule is Cl.[N-]=[N+]=NC(N)CCCC(N)C(=O)O. The molecule has 2 atom stereocenters. The van der Waals surface area contributed by atoms with Gasteiger partial charge >= 0.3 is 5.97 Å². The second kappa shape index (κ2) is 8.58. The minimum atomic E-state index is -1.03. The van der Waals surface area contributed by atoms with Crippen molar-refractivity contribution in [3.05, 3.63) is 10.4 Å². The molecular weight excluding hydrogens is 210 g/mol. The van der Waals surface area contributed by atoms with E-state index in [-0.39, 0.29) is 12.4 Å². The van der Waals surface area contributed by atoms with Crippen molar-refractivity contribution >= 4 is 18.4 Å². The maximum atomic E-state index is 10.3. The Bertz CT molecular complexity index is 210. The summed E-state index contributed by atoms with van der Waals surface area (Å²) < 4.78 is 0. The molecule has 8 heteroatoms. The van der Waals surface area contributed by atoms with Crippen molar-refractivity contribution in [1.29, 1.82) is 0 Å². The molecular formula is C6H14ClN5O2. The average molecular weight is 224 g/mol. The first-order chi connectivity index (χ1) is 6.07. The van der Waals surface area contributed by atoms with Crippen LogP contribution in [0.2, 0.25) is 0 Å². The Morgan fingerprint density at radius 2 is 2.07 bits per heavy atom. The molecule has 0 saturated carbocycles. The van der Waals surface area contributed by atoms with E-state index in [1.807, 2.05) is 0 Å². The van der Waals surface area contributed by atoms with Crippen LogP contribution < -0.4 is 11.5 Å². The summed E-state index contributed by atoms with van der Waals surface area (Å²) in [6.07, 6.45) is 0.730. The number of halogens is 1. The molecule has 0 amide bonds. The van der Waals surface area contributed by atoms with Crippen LogP contribution in [0.3, 0.4) is 0 Å². The molecule has 0 rings (SSSR count). The van der Waals surface area contributed by atoms with Gasteiger partial charge in [-0.05, 0) is 24.8 Å². The quantitative estimate of drug-likeness (QED) is 0.344. The van der Waals surface area contributed by atoms with Gasteiger partial charge in [0.2, 0.25) is 0 Å². The summed E-state index contributed by atoms with van der Waals surface area (Å²) in [7, 11) is 0. The Morgan fingerprint density at radius 3 is 2.50 bits per heavy atom. The number of aliphatic carboxylic acids is 1. The van der Waals surface area contributed by atoms with Crippen LogP contribution in [-0.2, 0) is 4.79 Å². The van der Waals surface area contributed by atoms with Gasteiger partial charge < -0.3 is 16.6 Å². The predicted octanol–water partition coefficient (Wildman–Crippen LogP) is 0.585. The van der Waals surface area contributed by atoms with E-state index in [1.54, 1.807) is 0 Å². The molecule has 7 nitrogen and oxygen atoms in total. The highest BCUT2D eigenvalue weighted by Crippen LogP contribution is 2.02. The molecule has 2 unspecified atom stereocenters. The summed E-state index contributed by atoms with van der Waals surface area (Å²) in [4.78, 5) is 12.8. The monoisotopic (exact) mass is 223 g/mol. The summed E-state index contributed by atoms with van der Waals surface area (Å²) >= 11 is 0. The van der Waals surface area contributed by atoms with Gasteiger partial charge in [0, 0.05) is 4.91 Å². The summed E-state index contributed by atoms with van der Waals surface area (Å²) in [5, 5.41) is 11.6. The van der Waals surface area contributed by atoms with Crippen LogP contribution in [0.25, 0.3) is 10.4 Å². The Labute approximate surface area is 87.5 Å². The molecule has 5 N–H and O–H groups in total. The van der Waals surface area contributed by atoms with Crippen molar-refractivity contribution in [3.8, 4) is 0 Å². The second-order valence-electron chi connectivity index (χ2n) is 2.65. The first-order valence-electron chi connectivity index (χ1n) is 3.86. The highest BCUT2D eigenvalue weighted by Gasteiger charge is 2.10. The number of hydrogen-bond acceptors (Lipinski definition) is 4. The Balaban J connectivity index is 0. The molecule has 0 aliphatic rings. The van der Waals surface area contributed by atoms with Crippen molar-refractivity contribution in [2.45, 2.75) is 31.5 Å². The molecule has 0 aliphatic carbocycles. The zero-order chi connectivity index (χ0) is 10.3. The van der Waals surface area contributed by atoms with Crippen molar-refractivity contribution < 1.29 is 9.90 Å². The summed E-state index contributed by atoms with van der Waals surface area (Å²) in [6.45, 7) is 0. The maximum Gasteiger partial charge on any atom is 0.320 e. The van der Waals surface area contributed by atoms with E-state index in [1.165, 1.54) is 0 Å². The number of nitrogens with zero attached hydrogens (tertiary/aromatic N) is 3. The number of carboxylic acid groups (broad SMARTS) is 1. The second-order valence-corrected chi connectivity index (χ2v) is 2.65. The molecule has 0 radical (unpaired) electrons. The lowest BCUT2D eigenvalue weighted by molar-refractivity contribution is -0.138. The fraction of sp³-hybridized carbons (Fsp3) is 0.833. The molecule has 0 aromatic rings. The first kappa shape index (κ1) is 15.5. The van der Waals surface area contributed by atoms with Crippen molar-refractivity contribution in [2.24, 2.45) is 16.6 Å². The molecule has 0 heterocycles. The van der Waals surface area contributed by atoms with E-state index < -0.39 is 18.2 Å². The lowest BCUT2D eigenvalue weighted by atomic mass is 10.1. The number of nitrogens with two attached hydrogens (primary N) is 2. The fourth-order valence-corrected chi connectivity index (χ4v) is 0.794. The minimum absolute atomic E-state index is 0. The molecule has 82 valence electrons. The normalized spacial score (nSPS) is 13.3. The highest BCUT2D eigenvalue weighted by molar-refractivity contribution is 5.85. The summed E-state index contributed by atoms with van der Waals surface area (Å²) in [6, 6.07) is -0.863. The zero-order valence-electron chi connectivity index (χ0n) is 7.54. The number of rotatable bonds is 6. The van der Waals surface area contributed by atoms with Gasteiger partial charge in [-0.15, -0.1) is 12.4 Å². The van der Waals surface area contributed by atoms with Crippen LogP contribution in [0.15, 0.2) is 5.11 Å². The molecule has 0 aromatic carbocycles. The maximum absolute atomic E-state index is 10.3. The number of carboxylic acids is 1. The van der Waals surface area contributed by atoms with Gasteiger partial charge in [-0.3, -0.25) is 4.79 Å². The fourth-order valence-electron chi connectivity index (χ4n) is 0.794. The van der Waals surface area contributed by atoms with Gasteiger partial charge in [0.1, 0.15) is 6.04 Å². The van der Waals surface area contributed by atoms with E-state index in [4.69, 9.17) is 22.1 Å². The minimum Gasteiger partial charge on any atom is -0.480 e. The topological polar surface area (TPSA) is 138 Å². The lowest BCUT2D eigenvalue weighted by Crippen LogP contribution is -2.30. The van der Waals surface area contributed by atoms with Gasteiger partial charge in [-0.25, -0.2) is 0 Å². The van der Waals surface area contributed by atoms with Crippen molar-refractivity contribution in [2.75, 3.05) is 0 Å². The molecule has 0 aliphatic heterocycles. The number of carbonyl (C=O) groups is 1. The summed E-state index contributed by atoms with van der Waals surface area (Å²) in [5.74, 6) is -1.03. The van der Waals surface area contributed by atoms with Crippen LogP contribution in [0.1, 0.15) is 19.3 Å². The van der Waals surface area contributed by atoms with E-state index in [2.05, 4.69) is 10.0 Å². The molecule has 0 spiro atoms. The van der Waals surface area contributed by atoms with Gasteiger partial charge in [-0.2, -0.15) is 0 Å². The smallest absolute Gasteiger partial charge is 0.320 e. The predicted molar refractivity (Wildman–Crippen MR) is 53.8 cm³/mol. The Kier molecular flexibility index (Phi) is 9.48. The molecule has 0 fully saturated rings. The third-order valence-electron chi connectivity index (χ3n) is 1.53. The van der Waals surface area contributed by atoms with Gasteiger partial charge in [-0.1, -0.05) is 5.11 Å². The number of azide groups is 1. The van der Waals surface area contributed by atoms with Gasteiger partial charge in [0.15, 0.2) is 0 Å². The molecule has 0 saturated heterocycles. The van der Waals surface area contributed by atoms with Gasteiger partial charge in [0.05, 0.1) is 6.17 Å². The molecule has 0 bridgehead atoms. The van der Waals surface area contributed by atoms with Crippen molar-refractivity contribution in [1.82, 2.24) is 0 Å². The van der Waals surface area contributed by atoms with Crippen LogP contribution >= 0.6 is 12.4 Å².